The molecular formula is C18H27N3O. The molecule has 1 aliphatic rings. The molecule has 0 bridgehead atoms. The smallest absolute Gasteiger partial charge is 0.191 e. The van der Waals surface area contributed by atoms with Crippen LogP contribution in [0, 0.1) is 0 Å². The molecule has 0 amide bonds. The van der Waals surface area contributed by atoms with Gasteiger partial charge >= 0.3 is 0 Å². The molecule has 4 heteroatoms. The first-order chi connectivity index (χ1) is 10.7. The number of methoxy groups -OCH3 is 1. The minimum absolute atomic E-state index is 0.167. The van der Waals surface area contributed by atoms with Gasteiger partial charge < -0.3 is 15.4 Å². The Balaban J connectivity index is 2.12. The van der Waals surface area contributed by atoms with Gasteiger partial charge in [0.1, 0.15) is 5.75 Å². The van der Waals surface area contributed by atoms with Crippen LogP contribution in [-0.4, -0.2) is 33.2 Å². The van der Waals surface area contributed by atoms with Crippen LogP contribution in [0.25, 0.3) is 0 Å². The normalized spacial score (nSPS) is 17.1. The average molecular weight is 301 g/mol. The number of rotatable bonds is 6. The summed E-state index contributed by atoms with van der Waals surface area (Å²) in [5, 5.41) is 6.70. The first kappa shape index (κ1) is 16.4. The second-order valence-electron chi connectivity index (χ2n) is 5.81. The predicted octanol–water partition coefficient (Wildman–Crippen LogP) is 2.86. The van der Waals surface area contributed by atoms with Crippen molar-refractivity contribution in [3.63, 3.8) is 0 Å². The number of nitrogens with one attached hydrogen (secondary N) is 2. The van der Waals surface area contributed by atoms with Crippen LogP contribution in [0.15, 0.2) is 41.9 Å². The Hall–Kier alpha value is -1.97. The Labute approximate surface area is 133 Å². The average Bonchev–Trinajstić information content (AvgIpc) is 3.05. The summed E-state index contributed by atoms with van der Waals surface area (Å²) < 4.78 is 5.39. The molecule has 0 atom stereocenters. The molecule has 1 saturated carbocycles. The largest absolute Gasteiger partial charge is 0.497 e. The van der Waals surface area contributed by atoms with E-state index in [0.29, 0.717) is 6.54 Å². The third kappa shape index (κ3) is 3.81. The molecule has 0 aromatic heterocycles. The molecule has 1 aliphatic carbocycles. The second kappa shape index (κ2) is 7.87. The minimum atomic E-state index is 0.167. The molecular weight excluding hydrogens is 274 g/mol. The number of nitrogens with zero attached hydrogens (tertiary/aromatic N) is 1. The van der Waals surface area contributed by atoms with Crippen LogP contribution in [0.3, 0.4) is 0 Å². The number of ether oxygens (including phenoxy) is 1. The van der Waals surface area contributed by atoms with Crippen molar-refractivity contribution in [1.29, 1.82) is 0 Å². The van der Waals surface area contributed by atoms with Gasteiger partial charge in [-0.2, -0.15) is 0 Å². The first-order valence-corrected chi connectivity index (χ1v) is 7.94. The fourth-order valence-corrected chi connectivity index (χ4v) is 3.21. The number of hydrogen-bond acceptors (Lipinski definition) is 2. The van der Waals surface area contributed by atoms with Gasteiger partial charge in [-0.1, -0.05) is 31.1 Å². The SMILES string of the molecule is C=CCNC(=NC)NCC1(c2cccc(OC)c2)CCCC1. The summed E-state index contributed by atoms with van der Waals surface area (Å²) in [5.74, 6) is 1.76. The van der Waals surface area contributed by atoms with Crippen LogP contribution in [0.5, 0.6) is 5.75 Å². The Morgan fingerprint density at radius 3 is 2.77 bits per heavy atom. The summed E-state index contributed by atoms with van der Waals surface area (Å²) in [5.41, 5.74) is 1.52. The molecule has 1 fully saturated rings. The van der Waals surface area contributed by atoms with E-state index in [-0.39, 0.29) is 5.41 Å². The highest BCUT2D eigenvalue weighted by molar-refractivity contribution is 5.79. The first-order valence-electron chi connectivity index (χ1n) is 7.94. The van der Waals surface area contributed by atoms with E-state index >= 15 is 0 Å². The van der Waals surface area contributed by atoms with Gasteiger partial charge in [-0.25, -0.2) is 0 Å². The van der Waals surface area contributed by atoms with Gasteiger partial charge in [0.2, 0.25) is 0 Å². The molecule has 1 aromatic carbocycles. The van der Waals surface area contributed by atoms with Crippen LogP contribution in [0.1, 0.15) is 31.2 Å². The lowest BCUT2D eigenvalue weighted by molar-refractivity contribution is 0.404. The van der Waals surface area contributed by atoms with E-state index < -0.39 is 0 Å². The summed E-state index contributed by atoms with van der Waals surface area (Å²) in [6.45, 7) is 5.33. The molecule has 120 valence electrons. The molecule has 0 unspecified atom stereocenters. The molecule has 0 heterocycles. The molecule has 2 N–H and O–H groups in total. The molecule has 4 nitrogen and oxygen atoms in total. The van der Waals surface area contributed by atoms with E-state index in [1.807, 2.05) is 12.1 Å². The molecule has 22 heavy (non-hydrogen) atoms. The third-order valence-corrected chi connectivity index (χ3v) is 4.47. The van der Waals surface area contributed by atoms with Gasteiger partial charge in [0.05, 0.1) is 7.11 Å². The van der Waals surface area contributed by atoms with Crippen molar-refractivity contribution >= 4 is 5.96 Å². The highest BCUT2D eigenvalue weighted by atomic mass is 16.5. The van der Waals surface area contributed by atoms with Crippen molar-refractivity contribution in [1.82, 2.24) is 10.6 Å². The van der Waals surface area contributed by atoms with E-state index in [1.54, 1.807) is 14.2 Å². The van der Waals surface area contributed by atoms with Gasteiger partial charge in [0.25, 0.3) is 0 Å². The molecule has 0 radical (unpaired) electrons. The van der Waals surface area contributed by atoms with E-state index in [0.717, 1.165) is 18.3 Å². The number of guanidine groups is 1. The lowest BCUT2D eigenvalue weighted by Crippen LogP contribution is -2.44. The van der Waals surface area contributed by atoms with Crippen LogP contribution in [0.2, 0.25) is 0 Å². The Morgan fingerprint density at radius 1 is 1.36 bits per heavy atom. The maximum Gasteiger partial charge on any atom is 0.191 e. The zero-order valence-electron chi connectivity index (χ0n) is 13.7. The number of hydrogen-bond donors (Lipinski definition) is 2. The van der Waals surface area contributed by atoms with Crippen molar-refractivity contribution in [2.24, 2.45) is 4.99 Å². The summed E-state index contributed by atoms with van der Waals surface area (Å²) in [7, 11) is 3.52. The van der Waals surface area contributed by atoms with Gasteiger partial charge in [0, 0.05) is 25.6 Å². The van der Waals surface area contributed by atoms with E-state index in [9.17, 15) is 0 Å². The highest BCUT2D eigenvalue weighted by Gasteiger charge is 2.35. The molecule has 0 spiro atoms. The number of aliphatic imine (C=N–C) groups is 1. The molecule has 0 saturated heterocycles. The predicted molar refractivity (Wildman–Crippen MR) is 92.7 cm³/mol. The van der Waals surface area contributed by atoms with Crippen molar-refractivity contribution in [3.8, 4) is 5.75 Å². The van der Waals surface area contributed by atoms with Crippen LogP contribution >= 0.6 is 0 Å². The van der Waals surface area contributed by atoms with Crippen LogP contribution in [-0.2, 0) is 5.41 Å². The van der Waals surface area contributed by atoms with E-state index in [2.05, 4.69) is 40.4 Å². The maximum absolute atomic E-state index is 5.39. The molecule has 2 rings (SSSR count). The maximum atomic E-state index is 5.39. The van der Waals surface area contributed by atoms with Crippen molar-refractivity contribution < 1.29 is 4.74 Å². The topological polar surface area (TPSA) is 45.7 Å². The third-order valence-electron chi connectivity index (χ3n) is 4.47. The summed E-state index contributed by atoms with van der Waals surface area (Å²) in [6, 6.07) is 8.48. The lowest BCUT2D eigenvalue weighted by atomic mass is 9.78. The molecule has 0 aliphatic heterocycles. The second-order valence-corrected chi connectivity index (χ2v) is 5.81. The Kier molecular flexibility index (Phi) is 5.87. The minimum Gasteiger partial charge on any atom is -0.497 e. The van der Waals surface area contributed by atoms with Gasteiger partial charge in [-0.15, -0.1) is 6.58 Å². The van der Waals surface area contributed by atoms with Crippen molar-refractivity contribution in [2.45, 2.75) is 31.1 Å². The fourth-order valence-electron chi connectivity index (χ4n) is 3.21. The van der Waals surface area contributed by atoms with Gasteiger partial charge in [-0.05, 0) is 30.5 Å². The van der Waals surface area contributed by atoms with Gasteiger partial charge in [0.15, 0.2) is 5.96 Å². The summed E-state index contributed by atoms with van der Waals surface area (Å²) in [6.07, 6.45) is 6.78. The monoisotopic (exact) mass is 301 g/mol. The highest BCUT2D eigenvalue weighted by Crippen LogP contribution is 2.41. The van der Waals surface area contributed by atoms with Crippen LogP contribution < -0.4 is 15.4 Å². The van der Waals surface area contributed by atoms with Crippen molar-refractivity contribution in [2.75, 3.05) is 27.2 Å². The van der Waals surface area contributed by atoms with Crippen LogP contribution in [0.4, 0.5) is 0 Å². The summed E-state index contributed by atoms with van der Waals surface area (Å²) in [4.78, 5) is 4.27. The summed E-state index contributed by atoms with van der Waals surface area (Å²) >= 11 is 0. The zero-order valence-corrected chi connectivity index (χ0v) is 13.7. The zero-order chi connectivity index (χ0) is 15.8. The van der Waals surface area contributed by atoms with Gasteiger partial charge in [-0.3, -0.25) is 4.99 Å². The van der Waals surface area contributed by atoms with E-state index in [4.69, 9.17) is 4.74 Å². The Morgan fingerprint density at radius 2 is 2.14 bits per heavy atom. The quantitative estimate of drug-likeness (QED) is 0.482. The fraction of sp³-hybridized carbons (Fsp3) is 0.500. The molecule has 1 aromatic rings. The Bertz CT molecular complexity index is 519. The standard InChI is InChI=1S/C18H27N3O/c1-4-12-20-17(19-2)21-14-18(10-5-6-11-18)15-8-7-9-16(13-15)22-3/h4,7-9,13H,1,5-6,10-12,14H2,2-3H3,(H2,19,20,21). The van der Waals surface area contributed by atoms with Crippen molar-refractivity contribution in [3.05, 3.63) is 42.5 Å². The number of benzene rings is 1. The van der Waals surface area contributed by atoms with E-state index in [1.165, 1.54) is 31.2 Å². The lowest BCUT2D eigenvalue weighted by Gasteiger charge is -2.31.